The smallest absolute Gasteiger partial charge is 0.229 e. The lowest BCUT2D eigenvalue weighted by Crippen LogP contribution is -2.37. The Morgan fingerprint density at radius 3 is 2.30 bits per heavy atom. The van der Waals surface area contributed by atoms with Crippen molar-refractivity contribution >= 4 is 23.3 Å². The molecule has 0 amide bonds. The second-order valence-corrected chi connectivity index (χ2v) is 9.70. The molecular weight excluding hydrogens is 410 g/mol. The maximum absolute atomic E-state index is 4.74. The highest BCUT2D eigenvalue weighted by Crippen LogP contribution is 2.34. The van der Waals surface area contributed by atoms with Crippen LogP contribution in [0, 0.1) is 27.7 Å². The van der Waals surface area contributed by atoms with Crippen molar-refractivity contribution in [2.24, 2.45) is 7.05 Å². The van der Waals surface area contributed by atoms with Crippen LogP contribution in [0.4, 0.5) is 23.3 Å². The number of benzene rings is 1. The highest BCUT2D eigenvalue weighted by molar-refractivity contribution is 5.64. The van der Waals surface area contributed by atoms with Gasteiger partial charge >= 0.3 is 0 Å². The van der Waals surface area contributed by atoms with Crippen molar-refractivity contribution in [2.45, 2.75) is 66.3 Å². The zero-order chi connectivity index (χ0) is 23.7. The van der Waals surface area contributed by atoms with Crippen LogP contribution >= 0.6 is 0 Å². The molecular formula is C26H37N7. The summed E-state index contributed by atoms with van der Waals surface area (Å²) >= 11 is 0. The Morgan fingerprint density at radius 1 is 0.939 bits per heavy atom. The van der Waals surface area contributed by atoms with Crippen molar-refractivity contribution in [3.8, 4) is 0 Å². The number of aryl methyl sites for hydroxylation is 5. The van der Waals surface area contributed by atoms with Crippen LogP contribution in [0.3, 0.4) is 0 Å². The summed E-state index contributed by atoms with van der Waals surface area (Å²) in [6, 6.07) is 7.25. The second-order valence-electron chi connectivity index (χ2n) is 9.70. The normalized spacial score (nSPS) is 15.3. The number of hydrogen-bond donors (Lipinski definition) is 2. The number of aromatic nitrogens is 4. The van der Waals surface area contributed by atoms with Gasteiger partial charge in [0, 0.05) is 36.6 Å². The Kier molecular flexibility index (Phi) is 6.70. The summed E-state index contributed by atoms with van der Waals surface area (Å²) in [6.45, 7) is 15.3. The molecule has 2 N–H and O–H groups in total. The van der Waals surface area contributed by atoms with Gasteiger partial charge in [0.25, 0.3) is 0 Å². The van der Waals surface area contributed by atoms with E-state index in [0.717, 1.165) is 28.6 Å². The zero-order valence-electron chi connectivity index (χ0n) is 21.0. The molecule has 0 radical (unpaired) electrons. The third-order valence-corrected chi connectivity index (χ3v) is 6.78. The number of rotatable bonds is 6. The van der Waals surface area contributed by atoms with Gasteiger partial charge in [-0.2, -0.15) is 10.1 Å². The van der Waals surface area contributed by atoms with Gasteiger partial charge in [0.2, 0.25) is 5.95 Å². The van der Waals surface area contributed by atoms with Crippen molar-refractivity contribution < 1.29 is 0 Å². The molecule has 4 rings (SSSR count). The third-order valence-electron chi connectivity index (χ3n) is 6.78. The van der Waals surface area contributed by atoms with Crippen molar-refractivity contribution in [1.82, 2.24) is 24.6 Å². The first-order valence-electron chi connectivity index (χ1n) is 11.9. The quantitative estimate of drug-likeness (QED) is 0.518. The van der Waals surface area contributed by atoms with Gasteiger partial charge in [0.15, 0.2) is 0 Å². The lowest BCUT2D eigenvalue weighted by Gasteiger charge is -2.35. The third kappa shape index (κ3) is 5.19. The maximum Gasteiger partial charge on any atom is 0.229 e. The van der Waals surface area contributed by atoms with Gasteiger partial charge in [0.05, 0.1) is 5.69 Å². The summed E-state index contributed by atoms with van der Waals surface area (Å²) in [5.41, 5.74) is 7.05. The molecule has 0 aliphatic carbocycles. The molecule has 7 nitrogen and oxygen atoms in total. The fourth-order valence-corrected chi connectivity index (χ4v) is 4.74. The number of nitrogens with zero attached hydrogens (tertiary/aromatic N) is 5. The highest BCUT2D eigenvalue weighted by atomic mass is 15.3. The Balaban J connectivity index is 1.51. The fourth-order valence-electron chi connectivity index (χ4n) is 4.74. The molecule has 0 saturated carbocycles. The number of nitrogens with one attached hydrogen (secondary N) is 2. The molecule has 1 aliphatic rings. The van der Waals surface area contributed by atoms with E-state index in [4.69, 9.17) is 4.98 Å². The standard InChI is InChI=1S/C26H37N7/c1-16(2)33-10-8-21(9-11-33)22-12-18(4)23(13-17(22)3)28-26-27-15-19(5)25(30-26)29-24-14-20(6)31-32(24)7/h12-16,21H,8-11H2,1-7H3,(H2,27,28,29,30). The zero-order valence-corrected chi connectivity index (χ0v) is 21.0. The molecule has 0 unspecified atom stereocenters. The first kappa shape index (κ1) is 23.2. The van der Waals surface area contributed by atoms with Crippen molar-refractivity contribution in [2.75, 3.05) is 23.7 Å². The summed E-state index contributed by atoms with van der Waals surface area (Å²) in [7, 11) is 1.92. The van der Waals surface area contributed by atoms with E-state index in [1.165, 1.54) is 42.6 Å². The molecule has 1 aliphatic heterocycles. The van der Waals surface area contributed by atoms with E-state index in [2.05, 4.69) is 65.4 Å². The Morgan fingerprint density at radius 2 is 1.67 bits per heavy atom. The summed E-state index contributed by atoms with van der Waals surface area (Å²) in [5.74, 6) is 2.91. The van der Waals surface area contributed by atoms with Gasteiger partial charge in [0.1, 0.15) is 11.6 Å². The predicted molar refractivity (Wildman–Crippen MR) is 136 cm³/mol. The predicted octanol–water partition coefficient (Wildman–Crippen LogP) is 5.52. The summed E-state index contributed by atoms with van der Waals surface area (Å²) in [5, 5.41) is 11.2. The van der Waals surface area contributed by atoms with Gasteiger partial charge in [-0.1, -0.05) is 6.07 Å². The van der Waals surface area contributed by atoms with Crippen LogP contribution in [-0.2, 0) is 7.05 Å². The van der Waals surface area contributed by atoms with E-state index in [9.17, 15) is 0 Å². The van der Waals surface area contributed by atoms with Crippen LogP contribution < -0.4 is 10.6 Å². The number of likely N-dealkylation sites (tertiary alicyclic amines) is 1. The summed E-state index contributed by atoms with van der Waals surface area (Å²) in [6.07, 6.45) is 4.31. The lowest BCUT2D eigenvalue weighted by atomic mass is 9.85. The largest absolute Gasteiger partial charge is 0.325 e. The lowest BCUT2D eigenvalue weighted by molar-refractivity contribution is 0.171. The minimum Gasteiger partial charge on any atom is -0.325 e. The van der Waals surface area contributed by atoms with Crippen LogP contribution in [0.5, 0.6) is 0 Å². The molecule has 0 atom stereocenters. The first-order valence-corrected chi connectivity index (χ1v) is 11.9. The van der Waals surface area contributed by atoms with Crippen molar-refractivity contribution in [3.05, 3.63) is 52.3 Å². The van der Waals surface area contributed by atoms with E-state index in [1.807, 2.05) is 37.8 Å². The molecule has 0 spiro atoms. The highest BCUT2D eigenvalue weighted by Gasteiger charge is 2.23. The molecule has 3 heterocycles. The topological polar surface area (TPSA) is 70.9 Å². The van der Waals surface area contributed by atoms with Gasteiger partial charge in [-0.15, -0.1) is 0 Å². The van der Waals surface area contributed by atoms with Gasteiger partial charge < -0.3 is 15.5 Å². The molecule has 3 aromatic rings. The van der Waals surface area contributed by atoms with Crippen LogP contribution in [0.1, 0.15) is 60.6 Å². The van der Waals surface area contributed by atoms with Crippen LogP contribution in [-0.4, -0.2) is 43.8 Å². The SMILES string of the molecule is Cc1cc(Nc2nc(Nc3cc(C)c(C4CCN(C(C)C)CC4)cc3C)ncc2C)n(C)n1. The second kappa shape index (κ2) is 9.51. The average Bonchev–Trinajstić information content (AvgIpc) is 3.09. The van der Waals surface area contributed by atoms with Gasteiger partial charge in [-0.05, 0) is 96.1 Å². The minimum absolute atomic E-state index is 0.586. The van der Waals surface area contributed by atoms with Crippen molar-refractivity contribution in [1.29, 1.82) is 0 Å². The van der Waals surface area contributed by atoms with E-state index in [-0.39, 0.29) is 0 Å². The number of hydrogen-bond acceptors (Lipinski definition) is 6. The molecule has 0 bridgehead atoms. The minimum atomic E-state index is 0.586. The van der Waals surface area contributed by atoms with Crippen LogP contribution in [0.2, 0.25) is 0 Å². The Hall–Kier alpha value is -2.93. The van der Waals surface area contributed by atoms with Gasteiger partial charge in [-0.25, -0.2) is 4.98 Å². The first-order chi connectivity index (χ1) is 15.7. The molecule has 7 heteroatoms. The molecule has 2 aromatic heterocycles. The Labute approximate surface area is 197 Å². The number of anilines is 4. The van der Waals surface area contributed by atoms with E-state index in [1.54, 1.807) is 0 Å². The molecule has 176 valence electrons. The number of piperidine rings is 1. The van der Waals surface area contributed by atoms with Gasteiger partial charge in [-0.3, -0.25) is 4.68 Å². The Bertz CT molecular complexity index is 1120. The molecule has 1 fully saturated rings. The van der Waals surface area contributed by atoms with Crippen LogP contribution in [0.25, 0.3) is 0 Å². The van der Waals surface area contributed by atoms with Crippen molar-refractivity contribution in [3.63, 3.8) is 0 Å². The summed E-state index contributed by atoms with van der Waals surface area (Å²) in [4.78, 5) is 11.8. The van der Waals surface area contributed by atoms with Crippen LogP contribution in [0.15, 0.2) is 24.4 Å². The van der Waals surface area contributed by atoms with E-state index >= 15 is 0 Å². The maximum atomic E-state index is 4.74. The monoisotopic (exact) mass is 447 g/mol. The van der Waals surface area contributed by atoms with E-state index < -0.39 is 0 Å². The molecule has 1 aromatic carbocycles. The molecule has 1 saturated heterocycles. The molecule has 33 heavy (non-hydrogen) atoms. The fraction of sp³-hybridized carbons (Fsp3) is 0.500. The summed E-state index contributed by atoms with van der Waals surface area (Å²) < 4.78 is 1.82. The van der Waals surface area contributed by atoms with E-state index in [0.29, 0.717) is 17.9 Å². The average molecular weight is 448 g/mol.